The summed E-state index contributed by atoms with van der Waals surface area (Å²) in [5.74, 6) is -0.336. The molecule has 0 saturated heterocycles. The molecule has 0 fully saturated rings. The fourth-order valence-electron chi connectivity index (χ4n) is 1.55. The number of nitriles is 1. The summed E-state index contributed by atoms with van der Waals surface area (Å²) in [6.45, 7) is 0. The van der Waals surface area contributed by atoms with Crippen molar-refractivity contribution >= 4 is 44.8 Å². The third-order valence-corrected chi connectivity index (χ3v) is 3.73. The van der Waals surface area contributed by atoms with Crippen LogP contribution >= 0.6 is 34.2 Å². The van der Waals surface area contributed by atoms with Gasteiger partial charge in [-0.05, 0) is 46.9 Å². The summed E-state index contributed by atoms with van der Waals surface area (Å²) in [4.78, 5) is 3.96. The van der Waals surface area contributed by atoms with E-state index in [1.54, 1.807) is 30.6 Å². The maximum absolute atomic E-state index is 13.1. The predicted octanol–water partition coefficient (Wildman–Crippen LogP) is 4.46. The van der Waals surface area contributed by atoms with Crippen LogP contribution in [0, 0.1) is 20.7 Å². The van der Waals surface area contributed by atoms with Crippen LogP contribution in [0.5, 0.6) is 0 Å². The van der Waals surface area contributed by atoms with Gasteiger partial charge in [-0.15, -0.1) is 0 Å². The zero-order chi connectivity index (χ0) is 13.8. The van der Waals surface area contributed by atoms with Gasteiger partial charge in [0.1, 0.15) is 11.9 Å². The first-order valence-electron chi connectivity index (χ1n) is 5.29. The van der Waals surface area contributed by atoms with Crippen LogP contribution in [-0.4, -0.2) is 4.98 Å². The number of hydrogen-bond acceptors (Lipinski definition) is 2. The maximum atomic E-state index is 13.1. The van der Waals surface area contributed by atoms with Gasteiger partial charge in [0.25, 0.3) is 0 Å². The molecule has 0 N–H and O–H groups in total. The summed E-state index contributed by atoms with van der Waals surface area (Å²) in [5.41, 5.74) is 1.58. The molecular formula is C14H7ClFIN2. The number of pyridine rings is 1. The molecule has 2 nitrogen and oxygen atoms in total. The van der Waals surface area contributed by atoms with E-state index in [0.717, 1.165) is 0 Å². The van der Waals surface area contributed by atoms with Crippen molar-refractivity contribution in [3.05, 3.63) is 63.2 Å². The van der Waals surface area contributed by atoms with E-state index in [0.29, 0.717) is 25.3 Å². The third kappa shape index (κ3) is 3.11. The Hall–Kier alpha value is -1.45. The lowest BCUT2D eigenvalue weighted by Gasteiger charge is -2.06. The molecule has 0 amide bonds. The Labute approximate surface area is 128 Å². The van der Waals surface area contributed by atoms with Gasteiger partial charge in [0.15, 0.2) is 0 Å². The van der Waals surface area contributed by atoms with Gasteiger partial charge in [-0.1, -0.05) is 17.7 Å². The van der Waals surface area contributed by atoms with Crippen LogP contribution in [0.2, 0.25) is 0 Å². The Balaban J connectivity index is 2.59. The van der Waals surface area contributed by atoms with Crippen LogP contribution in [0.1, 0.15) is 11.1 Å². The molecule has 94 valence electrons. The Morgan fingerprint density at radius 3 is 2.74 bits per heavy atom. The van der Waals surface area contributed by atoms with E-state index < -0.39 is 0 Å². The second-order valence-electron chi connectivity index (χ2n) is 3.67. The molecule has 5 heteroatoms. The normalized spacial score (nSPS) is 11.7. The summed E-state index contributed by atoms with van der Waals surface area (Å²) < 4.78 is 13.7. The lowest BCUT2D eigenvalue weighted by atomic mass is 10.1. The molecule has 0 atom stereocenters. The monoisotopic (exact) mass is 384 g/mol. The molecule has 0 aliphatic heterocycles. The van der Waals surface area contributed by atoms with Gasteiger partial charge >= 0.3 is 0 Å². The number of halogens is 3. The van der Waals surface area contributed by atoms with Gasteiger partial charge in [-0.2, -0.15) is 5.26 Å². The first kappa shape index (κ1) is 14.0. The third-order valence-electron chi connectivity index (χ3n) is 2.45. The van der Waals surface area contributed by atoms with Crippen molar-refractivity contribution < 1.29 is 4.39 Å². The van der Waals surface area contributed by atoms with E-state index in [9.17, 15) is 9.65 Å². The first-order chi connectivity index (χ1) is 9.13. The van der Waals surface area contributed by atoms with Crippen molar-refractivity contribution in [1.82, 2.24) is 4.98 Å². The van der Waals surface area contributed by atoms with Gasteiger partial charge < -0.3 is 0 Å². The van der Waals surface area contributed by atoms with Crippen LogP contribution in [0.25, 0.3) is 10.6 Å². The van der Waals surface area contributed by atoms with E-state index in [2.05, 4.69) is 11.1 Å². The molecular weight excluding hydrogens is 378 g/mol. The maximum Gasteiger partial charge on any atom is 0.124 e. The first-order valence-corrected chi connectivity index (χ1v) is 6.75. The van der Waals surface area contributed by atoms with Gasteiger partial charge in [0, 0.05) is 27.1 Å². The predicted molar refractivity (Wildman–Crippen MR) is 81.6 cm³/mol. The number of rotatable bonds is 2. The van der Waals surface area contributed by atoms with Gasteiger partial charge in [0.2, 0.25) is 0 Å². The Bertz CT molecular complexity index is 678. The molecule has 1 aromatic heterocycles. The number of benzene rings is 1. The highest BCUT2D eigenvalue weighted by atomic mass is 127. The summed E-state index contributed by atoms with van der Waals surface area (Å²) >= 11 is 8.25. The Kier molecular flexibility index (Phi) is 4.51. The second-order valence-corrected chi connectivity index (χ2v) is 5.21. The molecule has 0 aliphatic carbocycles. The average Bonchev–Trinajstić information content (AvgIpc) is 2.40. The van der Waals surface area contributed by atoms with Crippen LogP contribution in [-0.2, 0) is 0 Å². The largest absolute Gasteiger partial charge is 0.264 e. The average molecular weight is 385 g/mol. The summed E-state index contributed by atoms with van der Waals surface area (Å²) in [6.07, 6.45) is 3.19. The molecule has 0 unspecified atom stereocenters. The molecule has 0 saturated carbocycles. The molecule has 0 radical (unpaired) electrons. The summed E-state index contributed by atoms with van der Waals surface area (Å²) in [7, 11) is 0. The van der Waals surface area contributed by atoms with Crippen molar-refractivity contribution in [3.8, 4) is 6.07 Å². The van der Waals surface area contributed by atoms with Gasteiger partial charge in [-0.25, -0.2) is 4.39 Å². The van der Waals surface area contributed by atoms with E-state index in [1.165, 1.54) is 12.1 Å². The van der Waals surface area contributed by atoms with Crippen LogP contribution in [0.3, 0.4) is 0 Å². The summed E-state index contributed by atoms with van der Waals surface area (Å²) in [6, 6.07) is 9.80. The van der Waals surface area contributed by atoms with E-state index >= 15 is 0 Å². The fraction of sp³-hybridized carbons (Fsp3) is 0. The highest BCUT2D eigenvalue weighted by Gasteiger charge is 2.12. The van der Waals surface area contributed by atoms with Crippen molar-refractivity contribution in [2.45, 2.75) is 0 Å². The molecule has 0 bridgehead atoms. The lowest BCUT2D eigenvalue weighted by Crippen LogP contribution is -1.90. The van der Waals surface area contributed by atoms with Gasteiger partial charge in [0.05, 0.1) is 10.6 Å². The Morgan fingerprint density at radius 2 is 2.16 bits per heavy atom. The molecule has 2 rings (SSSR count). The van der Waals surface area contributed by atoms with E-state index in [4.69, 9.17) is 11.6 Å². The summed E-state index contributed by atoms with van der Waals surface area (Å²) in [5, 5.41) is 9.55. The molecule has 1 aromatic carbocycles. The molecule has 19 heavy (non-hydrogen) atoms. The molecule has 0 aliphatic rings. The zero-order valence-electron chi connectivity index (χ0n) is 9.57. The fourth-order valence-corrected chi connectivity index (χ4v) is 2.78. The van der Waals surface area contributed by atoms with Gasteiger partial charge in [-0.3, -0.25) is 4.98 Å². The van der Waals surface area contributed by atoms with Crippen molar-refractivity contribution in [3.63, 3.8) is 0 Å². The smallest absolute Gasteiger partial charge is 0.124 e. The highest BCUT2D eigenvalue weighted by Crippen LogP contribution is 2.32. The minimum atomic E-state index is -0.336. The number of allylic oxidation sites excluding steroid dienone is 1. The SMILES string of the molecule is N#C/C(=C(\Cl)c1ccc(F)cc1I)c1cccnc1. The van der Waals surface area contributed by atoms with Crippen LogP contribution in [0.4, 0.5) is 4.39 Å². The number of aromatic nitrogens is 1. The van der Waals surface area contributed by atoms with Crippen LogP contribution in [0.15, 0.2) is 42.7 Å². The lowest BCUT2D eigenvalue weighted by molar-refractivity contribution is 0.626. The van der Waals surface area contributed by atoms with Crippen molar-refractivity contribution in [1.29, 1.82) is 5.26 Å². The molecule has 0 spiro atoms. The van der Waals surface area contributed by atoms with Crippen LogP contribution < -0.4 is 0 Å². The second kappa shape index (κ2) is 6.13. The Morgan fingerprint density at radius 1 is 1.37 bits per heavy atom. The topological polar surface area (TPSA) is 36.7 Å². The van der Waals surface area contributed by atoms with E-state index in [1.807, 2.05) is 22.6 Å². The van der Waals surface area contributed by atoms with E-state index in [-0.39, 0.29) is 5.82 Å². The number of nitrogens with zero attached hydrogens (tertiary/aromatic N) is 2. The number of hydrogen-bond donors (Lipinski definition) is 0. The molecule has 2 aromatic rings. The van der Waals surface area contributed by atoms with Crippen molar-refractivity contribution in [2.24, 2.45) is 0 Å². The minimum Gasteiger partial charge on any atom is -0.264 e. The molecule has 1 heterocycles. The highest BCUT2D eigenvalue weighted by molar-refractivity contribution is 14.1. The quantitative estimate of drug-likeness (QED) is 0.566. The minimum absolute atomic E-state index is 0.292. The standard InChI is InChI=1S/C14H7ClFIN2/c15-14(11-4-3-10(16)6-13(11)17)12(7-18)9-2-1-5-19-8-9/h1-6,8H/b14-12+. The zero-order valence-corrected chi connectivity index (χ0v) is 12.5. The van der Waals surface area contributed by atoms with Crippen molar-refractivity contribution in [2.75, 3.05) is 0 Å².